The molecule has 4 heterocycles. The van der Waals surface area contributed by atoms with Crippen molar-refractivity contribution >= 4 is 27.8 Å². The monoisotopic (exact) mass is 495 g/mol. The minimum atomic E-state index is -3.90. The lowest BCUT2D eigenvalue weighted by Gasteiger charge is -2.37. The summed E-state index contributed by atoms with van der Waals surface area (Å²) in [6.45, 7) is 5.07. The van der Waals surface area contributed by atoms with Crippen molar-refractivity contribution in [1.82, 2.24) is 14.1 Å². The fraction of sp³-hybridized carbons (Fsp3) is 0.696. The number of amides is 2. The van der Waals surface area contributed by atoms with E-state index in [4.69, 9.17) is 9.15 Å². The molecule has 0 N–H and O–H groups in total. The average Bonchev–Trinajstić information content (AvgIpc) is 3.57. The van der Waals surface area contributed by atoms with Crippen molar-refractivity contribution in [2.75, 3.05) is 45.9 Å². The zero-order valence-electron chi connectivity index (χ0n) is 19.6. The molecule has 0 spiro atoms. The minimum absolute atomic E-state index is 0.00179. The van der Waals surface area contributed by atoms with Gasteiger partial charge in [0.05, 0.1) is 6.61 Å². The highest BCUT2D eigenvalue weighted by molar-refractivity contribution is 7.89. The van der Waals surface area contributed by atoms with Gasteiger partial charge in [-0.15, -0.1) is 0 Å². The zero-order valence-corrected chi connectivity index (χ0v) is 20.4. The first-order chi connectivity index (χ1) is 16.3. The number of hydrogen-bond acceptors (Lipinski definition) is 7. The Bertz CT molecular complexity index is 1000. The maximum atomic E-state index is 13.0. The number of esters is 1. The van der Waals surface area contributed by atoms with E-state index in [1.165, 1.54) is 16.4 Å². The van der Waals surface area contributed by atoms with Gasteiger partial charge in [-0.25, -0.2) is 13.2 Å². The Labute approximate surface area is 200 Å². The summed E-state index contributed by atoms with van der Waals surface area (Å²) in [7, 11) is -3.90. The summed E-state index contributed by atoms with van der Waals surface area (Å²) < 4.78 is 37.2. The number of likely N-dealkylation sites (tertiary alicyclic amines) is 2. The van der Waals surface area contributed by atoms with E-state index in [2.05, 4.69) is 0 Å². The van der Waals surface area contributed by atoms with Gasteiger partial charge in [0, 0.05) is 51.1 Å². The summed E-state index contributed by atoms with van der Waals surface area (Å²) in [6.07, 6.45) is 4.38. The summed E-state index contributed by atoms with van der Waals surface area (Å²) in [5, 5.41) is -0.301. The van der Waals surface area contributed by atoms with Crippen LogP contribution in [0.25, 0.3) is 0 Å². The standard InChI is InChI=1S/C23H33N3O7S/c1-2-32-23(29)19-5-6-20(33-19)34(30,31)26-15-9-18(10-16-26)22(28)25-13-7-17(8-14-25)21(27)24-11-3-4-12-24/h5-6,17-18H,2-4,7-16H2,1H3. The van der Waals surface area contributed by atoms with E-state index in [1.807, 2.05) is 9.80 Å². The quantitative estimate of drug-likeness (QED) is 0.552. The van der Waals surface area contributed by atoms with Crippen LogP contribution < -0.4 is 0 Å². The van der Waals surface area contributed by atoms with Crippen LogP contribution in [0.5, 0.6) is 0 Å². The molecule has 0 unspecified atom stereocenters. The van der Waals surface area contributed by atoms with Crippen molar-refractivity contribution in [1.29, 1.82) is 0 Å². The predicted molar refractivity (Wildman–Crippen MR) is 121 cm³/mol. The Kier molecular flexibility index (Phi) is 7.61. The Hall–Kier alpha value is -2.40. The zero-order chi connectivity index (χ0) is 24.3. The van der Waals surface area contributed by atoms with E-state index in [1.54, 1.807) is 6.92 Å². The molecule has 0 atom stereocenters. The van der Waals surface area contributed by atoms with Crippen LogP contribution in [0.15, 0.2) is 21.6 Å². The second kappa shape index (κ2) is 10.5. The second-order valence-electron chi connectivity index (χ2n) is 9.15. The number of piperidine rings is 2. The molecular weight excluding hydrogens is 462 g/mol. The van der Waals surface area contributed by atoms with Crippen molar-refractivity contribution < 1.29 is 32.0 Å². The summed E-state index contributed by atoms with van der Waals surface area (Å²) in [6, 6.07) is 2.55. The lowest BCUT2D eigenvalue weighted by molar-refractivity contribution is -0.142. The third-order valence-electron chi connectivity index (χ3n) is 7.03. The molecule has 0 saturated carbocycles. The molecular formula is C23H33N3O7S. The van der Waals surface area contributed by atoms with E-state index in [9.17, 15) is 22.8 Å². The van der Waals surface area contributed by atoms with Crippen LogP contribution in [0.1, 0.15) is 56.0 Å². The Morgan fingerprint density at radius 3 is 1.97 bits per heavy atom. The van der Waals surface area contributed by atoms with Crippen LogP contribution in [0.4, 0.5) is 0 Å². The molecule has 3 aliphatic heterocycles. The van der Waals surface area contributed by atoms with Crippen LogP contribution >= 0.6 is 0 Å². The highest BCUT2D eigenvalue weighted by Crippen LogP contribution is 2.28. The van der Waals surface area contributed by atoms with Gasteiger partial charge in [-0.05, 0) is 57.6 Å². The van der Waals surface area contributed by atoms with Gasteiger partial charge in [-0.3, -0.25) is 9.59 Å². The third kappa shape index (κ3) is 5.14. The number of rotatable bonds is 6. The Morgan fingerprint density at radius 2 is 1.41 bits per heavy atom. The summed E-state index contributed by atoms with van der Waals surface area (Å²) in [4.78, 5) is 41.2. The van der Waals surface area contributed by atoms with E-state index >= 15 is 0 Å². The van der Waals surface area contributed by atoms with E-state index in [0.717, 1.165) is 25.9 Å². The van der Waals surface area contributed by atoms with Crippen molar-refractivity contribution in [3.63, 3.8) is 0 Å². The molecule has 3 aliphatic rings. The molecule has 0 aromatic carbocycles. The first-order valence-electron chi connectivity index (χ1n) is 12.2. The minimum Gasteiger partial charge on any atom is -0.460 e. The van der Waals surface area contributed by atoms with Gasteiger partial charge in [0.2, 0.25) is 22.7 Å². The number of furan rings is 1. The lowest BCUT2D eigenvalue weighted by Crippen LogP contribution is -2.48. The number of nitrogens with zero attached hydrogens (tertiary/aromatic N) is 3. The third-order valence-corrected chi connectivity index (χ3v) is 8.80. The molecule has 4 rings (SSSR count). The van der Waals surface area contributed by atoms with E-state index in [0.29, 0.717) is 38.8 Å². The maximum absolute atomic E-state index is 13.0. The van der Waals surface area contributed by atoms with Gasteiger partial charge < -0.3 is 19.0 Å². The first kappa shape index (κ1) is 24.7. The van der Waals surface area contributed by atoms with Gasteiger partial charge in [-0.1, -0.05) is 0 Å². The largest absolute Gasteiger partial charge is 0.460 e. The lowest BCUT2D eigenvalue weighted by atomic mass is 9.92. The smallest absolute Gasteiger partial charge is 0.374 e. The maximum Gasteiger partial charge on any atom is 0.374 e. The van der Waals surface area contributed by atoms with Crippen molar-refractivity contribution in [3.05, 3.63) is 17.9 Å². The molecule has 3 saturated heterocycles. The SMILES string of the molecule is CCOC(=O)c1ccc(S(=O)(=O)N2CCC(C(=O)N3CCC(C(=O)N4CCCC4)CC3)CC2)o1. The molecule has 0 bridgehead atoms. The average molecular weight is 496 g/mol. The van der Waals surface area contributed by atoms with Gasteiger partial charge in [0.25, 0.3) is 10.0 Å². The molecule has 0 radical (unpaired) electrons. The highest BCUT2D eigenvalue weighted by Gasteiger charge is 2.37. The fourth-order valence-corrected chi connectivity index (χ4v) is 6.42. The van der Waals surface area contributed by atoms with Gasteiger partial charge in [0.15, 0.2) is 0 Å². The summed E-state index contributed by atoms with van der Waals surface area (Å²) >= 11 is 0. The molecule has 0 aliphatic carbocycles. The van der Waals surface area contributed by atoms with Crippen LogP contribution in [0.3, 0.4) is 0 Å². The van der Waals surface area contributed by atoms with Crippen LogP contribution in [0, 0.1) is 11.8 Å². The number of carbonyl (C=O) groups is 3. The molecule has 2 amide bonds. The molecule has 188 valence electrons. The summed E-state index contributed by atoms with van der Waals surface area (Å²) in [5.74, 6) is -0.818. The Balaban J connectivity index is 1.27. The van der Waals surface area contributed by atoms with Crippen LogP contribution in [-0.4, -0.2) is 86.2 Å². The van der Waals surface area contributed by atoms with Crippen LogP contribution in [-0.2, 0) is 24.3 Å². The molecule has 3 fully saturated rings. The van der Waals surface area contributed by atoms with Gasteiger partial charge >= 0.3 is 5.97 Å². The van der Waals surface area contributed by atoms with Crippen molar-refractivity contribution in [2.24, 2.45) is 11.8 Å². The van der Waals surface area contributed by atoms with Crippen molar-refractivity contribution in [2.45, 2.75) is 50.5 Å². The number of ether oxygens (including phenoxy) is 1. The van der Waals surface area contributed by atoms with Gasteiger partial charge in [-0.2, -0.15) is 4.31 Å². The molecule has 1 aromatic heterocycles. The van der Waals surface area contributed by atoms with Crippen LogP contribution in [0.2, 0.25) is 0 Å². The highest BCUT2D eigenvalue weighted by atomic mass is 32.2. The van der Waals surface area contributed by atoms with E-state index < -0.39 is 16.0 Å². The number of sulfonamides is 1. The number of hydrogen-bond donors (Lipinski definition) is 0. The topological polar surface area (TPSA) is 117 Å². The predicted octanol–water partition coefficient (Wildman–Crippen LogP) is 1.72. The number of carbonyl (C=O) groups excluding carboxylic acids is 3. The molecule has 34 heavy (non-hydrogen) atoms. The summed E-state index contributed by atoms with van der Waals surface area (Å²) in [5.41, 5.74) is 0. The Morgan fingerprint density at radius 1 is 0.882 bits per heavy atom. The van der Waals surface area contributed by atoms with Gasteiger partial charge in [0.1, 0.15) is 0 Å². The molecule has 1 aromatic rings. The molecule has 10 nitrogen and oxygen atoms in total. The van der Waals surface area contributed by atoms with E-state index in [-0.39, 0.29) is 54.2 Å². The second-order valence-corrected chi connectivity index (χ2v) is 11.0. The normalized spacial score (nSPS) is 21.1. The molecule has 11 heteroatoms. The first-order valence-corrected chi connectivity index (χ1v) is 13.6. The van der Waals surface area contributed by atoms with Crippen molar-refractivity contribution in [3.8, 4) is 0 Å². The fourth-order valence-electron chi connectivity index (χ4n) is 5.04.